The number of rotatable bonds is 4. The summed E-state index contributed by atoms with van der Waals surface area (Å²) in [6.45, 7) is 0. The monoisotopic (exact) mass is 422 g/mol. The van der Waals surface area contributed by atoms with Gasteiger partial charge in [0.25, 0.3) is 5.91 Å². The van der Waals surface area contributed by atoms with E-state index in [-0.39, 0.29) is 17.4 Å². The second-order valence-corrected chi connectivity index (χ2v) is 7.33. The number of fused-ring (bicyclic) bond motifs is 1. The van der Waals surface area contributed by atoms with E-state index in [0.29, 0.717) is 22.1 Å². The Labute approximate surface area is 176 Å². The smallest absolute Gasteiger partial charge is 0.276 e. The van der Waals surface area contributed by atoms with E-state index in [1.54, 1.807) is 41.1 Å². The third-order valence-corrected chi connectivity index (χ3v) is 5.41. The predicted octanol–water partition coefficient (Wildman–Crippen LogP) is 3.99. The number of amides is 1. The number of hydrogen-bond donors (Lipinski definition) is 1. The van der Waals surface area contributed by atoms with E-state index in [4.69, 9.17) is 11.6 Å². The molecule has 0 fully saturated rings. The van der Waals surface area contributed by atoms with Crippen LogP contribution in [0.3, 0.4) is 0 Å². The topological polar surface area (TPSA) is 77.6 Å². The molecule has 2 aromatic carbocycles. The van der Waals surface area contributed by atoms with Gasteiger partial charge in [-0.1, -0.05) is 29.8 Å². The molecule has 1 aliphatic rings. The van der Waals surface area contributed by atoms with Gasteiger partial charge in [-0.3, -0.25) is 4.79 Å². The number of anilines is 1. The van der Waals surface area contributed by atoms with Crippen molar-refractivity contribution in [3.63, 3.8) is 0 Å². The molecule has 9 heteroatoms. The molecule has 1 amide bonds. The summed E-state index contributed by atoms with van der Waals surface area (Å²) in [6, 6.07) is 11.6. The van der Waals surface area contributed by atoms with Crippen LogP contribution in [-0.2, 0) is 12.8 Å². The minimum Gasteiger partial charge on any atom is -0.319 e. The number of para-hydroxylation sites is 2. The van der Waals surface area contributed by atoms with Gasteiger partial charge >= 0.3 is 0 Å². The highest BCUT2D eigenvalue weighted by Gasteiger charge is 2.28. The Morgan fingerprint density at radius 1 is 1.13 bits per heavy atom. The van der Waals surface area contributed by atoms with Crippen molar-refractivity contribution in [3.8, 4) is 11.4 Å². The number of halogens is 2. The Balaban J connectivity index is 1.55. The molecular weight excluding hydrogens is 407 g/mol. The van der Waals surface area contributed by atoms with Gasteiger partial charge in [-0.15, -0.1) is 0 Å². The quantitative estimate of drug-likeness (QED) is 0.539. The van der Waals surface area contributed by atoms with Gasteiger partial charge in [0.05, 0.1) is 10.7 Å². The van der Waals surface area contributed by atoms with E-state index in [0.717, 1.165) is 30.5 Å². The van der Waals surface area contributed by atoms with Crippen molar-refractivity contribution < 1.29 is 9.18 Å². The Bertz CT molecular complexity index is 1250. The minimum atomic E-state index is -0.384. The molecule has 1 N–H and O–H groups in total. The Morgan fingerprint density at radius 2 is 2.00 bits per heavy atom. The zero-order valence-corrected chi connectivity index (χ0v) is 16.5. The molecule has 30 heavy (non-hydrogen) atoms. The summed E-state index contributed by atoms with van der Waals surface area (Å²) in [5, 5.41) is 11.9. The first kappa shape index (κ1) is 18.5. The van der Waals surface area contributed by atoms with Gasteiger partial charge in [-0.05, 0) is 43.5 Å². The molecule has 150 valence electrons. The van der Waals surface area contributed by atoms with Crippen molar-refractivity contribution in [2.24, 2.45) is 0 Å². The van der Waals surface area contributed by atoms with Crippen LogP contribution in [0.5, 0.6) is 0 Å². The largest absolute Gasteiger partial charge is 0.319 e. The molecule has 0 radical (unpaired) electrons. The number of benzene rings is 2. The van der Waals surface area contributed by atoms with Crippen LogP contribution in [0.25, 0.3) is 11.4 Å². The maximum Gasteiger partial charge on any atom is 0.276 e. The van der Waals surface area contributed by atoms with Crippen molar-refractivity contribution in [1.82, 2.24) is 24.5 Å². The van der Waals surface area contributed by atoms with Crippen molar-refractivity contribution in [3.05, 3.63) is 82.9 Å². The standard InChI is InChI=1S/C21H16ClFN6O/c22-14-6-4-8-16(20(14)28-12-24-11-25-28)26-21(30)19-13-5-3-10-17(13)29(27-19)18-9-2-1-7-15(18)23/h1-2,4,6-9,11-12H,3,5,10H2,(H,26,30). The molecule has 0 saturated carbocycles. The van der Waals surface area contributed by atoms with Crippen LogP contribution < -0.4 is 5.32 Å². The van der Waals surface area contributed by atoms with Crippen molar-refractivity contribution >= 4 is 23.2 Å². The summed E-state index contributed by atoms with van der Waals surface area (Å²) >= 11 is 6.34. The Kier molecular flexibility index (Phi) is 4.55. The van der Waals surface area contributed by atoms with E-state index in [1.165, 1.54) is 23.4 Å². The molecule has 0 bridgehead atoms. The first-order chi connectivity index (χ1) is 14.6. The average molecular weight is 423 g/mol. The fourth-order valence-corrected chi connectivity index (χ4v) is 4.06. The van der Waals surface area contributed by atoms with Gasteiger partial charge in [0.1, 0.15) is 29.8 Å². The molecule has 0 aliphatic heterocycles. The Morgan fingerprint density at radius 3 is 2.80 bits per heavy atom. The van der Waals surface area contributed by atoms with Crippen LogP contribution in [0.2, 0.25) is 5.02 Å². The molecular formula is C21H16ClFN6O. The summed E-state index contributed by atoms with van der Waals surface area (Å²) in [4.78, 5) is 17.1. The minimum absolute atomic E-state index is 0.287. The van der Waals surface area contributed by atoms with Gasteiger partial charge in [0, 0.05) is 11.3 Å². The first-order valence-electron chi connectivity index (χ1n) is 9.44. The van der Waals surface area contributed by atoms with Crippen LogP contribution in [0, 0.1) is 5.82 Å². The van der Waals surface area contributed by atoms with Gasteiger partial charge in [0.2, 0.25) is 0 Å². The molecule has 7 nitrogen and oxygen atoms in total. The third kappa shape index (κ3) is 3.05. The van der Waals surface area contributed by atoms with E-state index in [1.807, 2.05) is 0 Å². The van der Waals surface area contributed by atoms with E-state index >= 15 is 0 Å². The van der Waals surface area contributed by atoms with Crippen molar-refractivity contribution in [2.45, 2.75) is 19.3 Å². The first-order valence-corrected chi connectivity index (χ1v) is 9.82. The van der Waals surface area contributed by atoms with Crippen molar-refractivity contribution in [2.75, 3.05) is 5.32 Å². The van der Waals surface area contributed by atoms with Gasteiger partial charge < -0.3 is 5.32 Å². The number of nitrogens with one attached hydrogen (secondary N) is 1. The lowest BCUT2D eigenvalue weighted by Gasteiger charge is -2.12. The second kappa shape index (κ2) is 7.38. The number of carbonyl (C=O) groups is 1. The highest BCUT2D eigenvalue weighted by Crippen LogP contribution is 2.31. The summed E-state index contributed by atoms with van der Waals surface area (Å²) in [5.41, 5.74) is 3.32. The fraction of sp³-hybridized carbons (Fsp3) is 0.143. The summed E-state index contributed by atoms with van der Waals surface area (Å²) in [5.74, 6) is -0.767. The molecule has 0 atom stereocenters. The van der Waals surface area contributed by atoms with E-state index in [9.17, 15) is 9.18 Å². The summed E-state index contributed by atoms with van der Waals surface area (Å²) in [6.07, 6.45) is 5.24. The fourth-order valence-electron chi connectivity index (χ4n) is 3.80. The molecule has 1 aliphatic carbocycles. The molecule has 0 saturated heterocycles. The van der Waals surface area contributed by atoms with Crippen LogP contribution in [0.4, 0.5) is 10.1 Å². The van der Waals surface area contributed by atoms with Gasteiger partial charge in [-0.25, -0.2) is 18.7 Å². The van der Waals surface area contributed by atoms with Crippen LogP contribution in [-0.4, -0.2) is 30.5 Å². The maximum atomic E-state index is 14.4. The highest BCUT2D eigenvalue weighted by atomic mass is 35.5. The molecule has 4 aromatic rings. The zero-order chi connectivity index (χ0) is 20.7. The number of aromatic nitrogens is 5. The zero-order valence-electron chi connectivity index (χ0n) is 15.7. The van der Waals surface area contributed by atoms with Gasteiger partial charge in [-0.2, -0.15) is 10.2 Å². The molecule has 0 unspecified atom stereocenters. The molecule has 2 aromatic heterocycles. The number of nitrogens with zero attached hydrogens (tertiary/aromatic N) is 5. The lowest BCUT2D eigenvalue weighted by Crippen LogP contribution is -2.17. The lowest BCUT2D eigenvalue weighted by molar-refractivity contribution is 0.102. The lowest BCUT2D eigenvalue weighted by atomic mass is 10.2. The van der Waals surface area contributed by atoms with Gasteiger partial charge in [0.15, 0.2) is 5.69 Å². The van der Waals surface area contributed by atoms with Crippen LogP contribution in [0.15, 0.2) is 55.1 Å². The van der Waals surface area contributed by atoms with E-state index < -0.39 is 0 Å². The Hall–Kier alpha value is -3.52. The maximum absolute atomic E-state index is 14.4. The molecule has 5 rings (SSSR count). The normalized spacial score (nSPS) is 12.7. The SMILES string of the molecule is O=C(Nc1cccc(Cl)c1-n1cncn1)c1nn(-c2ccccc2F)c2c1CCC2. The molecule has 2 heterocycles. The average Bonchev–Trinajstić information content (AvgIpc) is 3.47. The second-order valence-electron chi connectivity index (χ2n) is 6.92. The molecule has 0 spiro atoms. The van der Waals surface area contributed by atoms with Crippen LogP contribution in [0.1, 0.15) is 28.2 Å². The number of carbonyl (C=O) groups excluding carboxylic acids is 1. The highest BCUT2D eigenvalue weighted by molar-refractivity contribution is 6.33. The summed E-state index contributed by atoms with van der Waals surface area (Å²) in [7, 11) is 0. The third-order valence-electron chi connectivity index (χ3n) is 5.11. The van der Waals surface area contributed by atoms with Crippen LogP contribution >= 0.6 is 11.6 Å². The number of hydrogen-bond acceptors (Lipinski definition) is 4. The predicted molar refractivity (Wildman–Crippen MR) is 110 cm³/mol. The van der Waals surface area contributed by atoms with E-state index in [2.05, 4.69) is 20.5 Å². The summed E-state index contributed by atoms with van der Waals surface area (Å²) < 4.78 is 17.4. The van der Waals surface area contributed by atoms with Crippen molar-refractivity contribution in [1.29, 1.82) is 0 Å².